The maximum atomic E-state index is 11.4. The van der Waals surface area contributed by atoms with Crippen molar-refractivity contribution in [3.05, 3.63) is 48.0 Å². The number of carbonyl (C=O) groups excluding carboxylic acids is 2. The first-order valence-electron chi connectivity index (χ1n) is 6.42. The summed E-state index contributed by atoms with van der Waals surface area (Å²) in [5, 5.41) is 3.07. The van der Waals surface area contributed by atoms with Crippen LogP contribution in [0, 0.1) is 0 Å². The Morgan fingerprint density at radius 3 is 2.65 bits per heavy atom. The van der Waals surface area contributed by atoms with E-state index < -0.39 is 0 Å². The van der Waals surface area contributed by atoms with Crippen molar-refractivity contribution in [1.82, 2.24) is 5.32 Å². The van der Waals surface area contributed by atoms with Crippen LogP contribution in [0.15, 0.2) is 36.9 Å². The van der Waals surface area contributed by atoms with Gasteiger partial charge in [0.15, 0.2) is 0 Å². The Kier molecular flexibility index (Phi) is 5.24. The van der Waals surface area contributed by atoms with Crippen LogP contribution < -0.4 is 5.32 Å². The Balaban J connectivity index is 1.75. The lowest BCUT2D eigenvalue weighted by Crippen LogP contribution is -2.46. The van der Waals surface area contributed by atoms with Gasteiger partial charge in [0.2, 0.25) is 5.91 Å². The molecule has 106 valence electrons. The number of hydrogen-bond acceptors (Lipinski definition) is 4. The van der Waals surface area contributed by atoms with E-state index in [4.69, 9.17) is 4.74 Å². The van der Waals surface area contributed by atoms with Crippen LogP contribution in [0.3, 0.4) is 0 Å². The molecule has 0 saturated carbocycles. The van der Waals surface area contributed by atoms with Gasteiger partial charge in [-0.2, -0.15) is 0 Å². The van der Waals surface area contributed by atoms with Gasteiger partial charge in [-0.1, -0.05) is 36.9 Å². The molecule has 1 aliphatic rings. The molecule has 1 amide bonds. The zero-order valence-corrected chi connectivity index (χ0v) is 11.9. The summed E-state index contributed by atoms with van der Waals surface area (Å²) in [6.45, 7) is 3.75. The second kappa shape index (κ2) is 7.14. The first kappa shape index (κ1) is 14.7. The molecule has 1 aliphatic heterocycles. The Morgan fingerprint density at radius 1 is 1.40 bits per heavy atom. The smallest absolute Gasteiger partial charge is 0.310 e. The molecule has 0 bridgehead atoms. The topological polar surface area (TPSA) is 55.4 Å². The lowest BCUT2D eigenvalue weighted by atomic mass is 10.1. The number of carbonyl (C=O) groups is 2. The third kappa shape index (κ3) is 4.42. The second-order valence-electron chi connectivity index (χ2n) is 4.54. The number of nitrogens with one attached hydrogen (secondary N) is 1. The van der Waals surface area contributed by atoms with Gasteiger partial charge in [0.05, 0.1) is 18.2 Å². The van der Waals surface area contributed by atoms with E-state index in [1.54, 1.807) is 17.8 Å². The highest BCUT2D eigenvalue weighted by Gasteiger charge is 2.24. The Hall–Kier alpha value is -1.75. The molecular formula is C15H17NO3S. The van der Waals surface area contributed by atoms with Gasteiger partial charge in [0.1, 0.15) is 6.61 Å². The zero-order chi connectivity index (χ0) is 14.4. The van der Waals surface area contributed by atoms with Crippen molar-refractivity contribution >= 4 is 23.6 Å². The highest BCUT2D eigenvalue weighted by Crippen LogP contribution is 2.23. The van der Waals surface area contributed by atoms with Crippen molar-refractivity contribution in [2.24, 2.45) is 0 Å². The SMILES string of the molecule is C=CCOC(=O)Cc1ccc(CSC2CC(=O)N2)cc1. The van der Waals surface area contributed by atoms with Crippen LogP contribution in [0.1, 0.15) is 17.5 Å². The molecule has 1 unspecified atom stereocenters. The summed E-state index contributed by atoms with van der Waals surface area (Å²) >= 11 is 1.72. The van der Waals surface area contributed by atoms with Crippen LogP contribution >= 0.6 is 11.8 Å². The van der Waals surface area contributed by atoms with Gasteiger partial charge in [-0.3, -0.25) is 9.59 Å². The summed E-state index contributed by atoms with van der Waals surface area (Å²) in [6.07, 6.45) is 2.44. The molecule has 0 aliphatic carbocycles. The average Bonchev–Trinajstić information content (AvgIpc) is 2.42. The van der Waals surface area contributed by atoms with Crippen LogP contribution in [0.4, 0.5) is 0 Å². The molecule has 0 radical (unpaired) electrons. The number of β-lactam (4-membered cyclic amide) rings is 1. The summed E-state index contributed by atoms with van der Waals surface area (Å²) in [4.78, 5) is 22.2. The molecule has 1 aromatic rings. The van der Waals surface area contributed by atoms with E-state index in [0.717, 1.165) is 11.3 Å². The molecule has 4 nitrogen and oxygen atoms in total. The first-order chi connectivity index (χ1) is 9.67. The van der Waals surface area contributed by atoms with Crippen molar-refractivity contribution in [1.29, 1.82) is 0 Å². The quantitative estimate of drug-likeness (QED) is 0.474. The summed E-state index contributed by atoms with van der Waals surface area (Å²) in [7, 11) is 0. The number of rotatable bonds is 7. The van der Waals surface area contributed by atoms with Crippen LogP contribution in [-0.4, -0.2) is 23.9 Å². The number of thioether (sulfide) groups is 1. The average molecular weight is 291 g/mol. The van der Waals surface area contributed by atoms with Crippen molar-refractivity contribution in [2.75, 3.05) is 6.61 Å². The molecule has 1 N–H and O–H groups in total. The number of esters is 1. The molecular weight excluding hydrogens is 274 g/mol. The third-order valence-electron chi connectivity index (χ3n) is 2.88. The zero-order valence-electron chi connectivity index (χ0n) is 11.1. The Labute approximate surface area is 122 Å². The number of amides is 1. The van der Waals surface area contributed by atoms with Crippen LogP contribution in [0.5, 0.6) is 0 Å². The van der Waals surface area contributed by atoms with Gasteiger partial charge in [-0.25, -0.2) is 0 Å². The van der Waals surface area contributed by atoms with E-state index >= 15 is 0 Å². The van der Waals surface area contributed by atoms with E-state index in [0.29, 0.717) is 6.42 Å². The van der Waals surface area contributed by atoms with Gasteiger partial charge >= 0.3 is 5.97 Å². The molecule has 5 heteroatoms. The lowest BCUT2D eigenvalue weighted by molar-refractivity contribution is -0.141. The Morgan fingerprint density at radius 2 is 2.05 bits per heavy atom. The molecule has 1 heterocycles. The fraction of sp³-hybridized carbons (Fsp3) is 0.333. The minimum absolute atomic E-state index is 0.121. The fourth-order valence-electron chi connectivity index (χ4n) is 1.75. The standard InChI is InChI=1S/C15H17NO3S/c1-2-7-19-15(18)8-11-3-5-12(6-4-11)10-20-14-9-13(17)16-14/h2-6,14H,1,7-10H2,(H,16,17). The van der Waals surface area contributed by atoms with Gasteiger partial charge < -0.3 is 10.1 Å². The maximum absolute atomic E-state index is 11.4. The van der Waals surface area contributed by atoms with Crippen LogP contribution in [0.2, 0.25) is 0 Å². The summed E-state index contributed by atoms with van der Waals surface area (Å²) in [5.74, 6) is 0.728. The predicted octanol–water partition coefficient (Wildman–Crippen LogP) is 2.04. The van der Waals surface area contributed by atoms with Crippen molar-refractivity contribution in [3.8, 4) is 0 Å². The minimum Gasteiger partial charge on any atom is -0.461 e. The van der Waals surface area contributed by atoms with E-state index in [-0.39, 0.29) is 30.3 Å². The van der Waals surface area contributed by atoms with Gasteiger partial charge in [-0.15, -0.1) is 11.8 Å². The monoisotopic (exact) mass is 291 g/mol. The molecule has 1 saturated heterocycles. The van der Waals surface area contributed by atoms with Gasteiger partial charge in [0, 0.05) is 5.75 Å². The van der Waals surface area contributed by atoms with Crippen molar-refractivity contribution in [2.45, 2.75) is 24.0 Å². The third-order valence-corrected chi connectivity index (χ3v) is 4.06. The van der Waals surface area contributed by atoms with E-state index in [1.807, 2.05) is 24.3 Å². The lowest BCUT2D eigenvalue weighted by Gasteiger charge is -2.26. The number of benzene rings is 1. The van der Waals surface area contributed by atoms with Gasteiger partial charge in [0.25, 0.3) is 0 Å². The molecule has 1 aromatic carbocycles. The van der Waals surface area contributed by atoms with Gasteiger partial charge in [-0.05, 0) is 11.1 Å². The normalized spacial score (nSPS) is 17.0. The summed E-state index contributed by atoms with van der Waals surface area (Å²) < 4.78 is 4.94. The molecule has 0 aromatic heterocycles. The molecule has 0 spiro atoms. The maximum Gasteiger partial charge on any atom is 0.310 e. The van der Waals surface area contributed by atoms with Crippen molar-refractivity contribution < 1.29 is 14.3 Å². The number of ether oxygens (including phenoxy) is 1. The van der Waals surface area contributed by atoms with E-state index in [9.17, 15) is 9.59 Å². The largest absolute Gasteiger partial charge is 0.461 e. The second-order valence-corrected chi connectivity index (χ2v) is 5.73. The van der Waals surface area contributed by atoms with E-state index in [2.05, 4.69) is 11.9 Å². The summed E-state index contributed by atoms with van der Waals surface area (Å²) in [6, 6.07) is 7.88. The Bertz CT molecular complexity index is 490. The molecule has 20 heavy (non-hydrogen) atoms. The predicted molar refractivity (Wildman–Crippen MR) is 79.1 cm³/mol. The highest BCUT2D eigenvalue weighted by molar-refractivity contribution is 7.99. The minimum atomic E-state index is -0.246. The molecule has 2 rings (SSSR count). The molecule has 1 fully saturated rings. The number of hydrogen-bond donors (Lipinski definition) is 1. The summed E-state index contributed by atoms with van der Waals surface area (Å²) in [5.41, 5.74) is 2.11. The van der Waals surface area contributed by atoms with Crippen LogP contribution in [0.25, 0.3) is 0 Å². The van der Waals surface area contributed by atoms with E-state index in [1.165, 1.54) is 5.56 Å². The molecule has 1 atom stereocenters. The highest BCUT2D eigenvalue weighted by atomic mass is 32.2. The van der Waals surface area contributed by atoms with Crippen LogP contribution in [-0.2, 0) is 26.5 Å². The fourth-order valence-corrected chi connectivity index (χ4v) is 2.82. The van der Waals surface area contributed by atoms with Crippen molar-refractivity contribution in [3.63, 3.8) is 0 Å². The first-order valence-corrected chi connectivity index (χ1v) is 7.47.